The largest absolute Gasteiger partial charge is 3.00 e. The first-order valence-electron chi connectivity index (χ1n) is 0.548. The molecule has 0 saturated carbocycles. The van der Waals surface area contributed by atoms with Crippen molar-refractivity contribution >= 4 is 34.7 Å². The Hall–Kier alpha value is 0.265. The van der Waals surface area contributed by atoms with Crippen molar-refractivity contribution in [2.45, 2.75) is 0 Å². The van der Waals surface area contributed by atoms with Gasteiger partial charge < -0.3 is 15.3 Å². The van der Waals surface area contributed by atoms with Crippen molar-refractivity contribution < 1.29 is 5.09 Å². The van der Waals surface area contributed by atoms with Crippen LogP contribution in [0.4, 0.5) is 0 Å². The molecule has 0 aliphatic rings. The van der Waals surface area contributed by atoms with Gasteiger partial charge in [0.1, 0.15) is 0 Å². The van der Waals surface area contributed by atoms with E-state index in [1.807, 2.05) is 0 Å². The van der Waals surface area contributed by atoms with Gasteiger partial charge in [-0.15, -0.1) is 0 Å². The van der Waals surface area contributed by atoms with Gasteiger partial charge in [-0.2, -0.15) is 0 Å². The third kappa shape index (κ3) is 648. The molecule has 0 unspecified atom stereocenters. The van der Waals surface area contributed by atoms with Crippen LogP contribution in [0, 0.1) is 15.3 Å². The van der Waals surface area contributed by atoms with Gasteiger partial charge >= 0.3 is 34.7 Å². The van der Waals surface area contributed by atoms with Gasteiger partial charge in [-0.1, -0.05) is 0 Å². The van der Waals surface area contributed by atoms with Gasteiger partial charge in [0.2, 0.25) is 0 Å². The van der Waals surface area contributed by atoms with Crippen molar-refractivity contribution in [3.8, 4) is 0 Å². The quantitative estimate of drug-likeness (QED) is 0.231. The van der Waals surface area contributed by atoms with Crippen molar-refractivity contribution in [1.82, 2.24) is 0 Å². The number of nitrogens with zero attached hydrogens (tertiary/aromatic N) is 1. The Bertz CT molecular complexity index is 31.8. The molecule has 0 heterocycles. The van der Waals surface area contributed by atoms with Gasteiger partial charge in [0.05, 0.1) is 5.09 Å². The Morgan fingerprint density at radius 2 is 1.17 bits per heavy atom. The van der Waals surface area contributed by atoms with Gasteiger partial charge in [0, 0.05) is 0 Å². The summed E-state index contributed by atoms with van der Waals surface area (Å²) < 4.78 is 0. The van der Waals surface area contributed by atoms with Crippen LogP contribution in [0.25, 0.3) is 0 Å². The van der Waals surface area contributed by atoms with E-state index in [2.05, 4.69) is 0 Å². The minimum absolute atomic E-state index is 0. The fourth-order valence-corrected chi connectivity index (χ4v) is 0. The second kappa shape index (κ2) is 8.98. The van der Waals surface area contributed by atoms with Crippen LogP contribution >= 0.6 is 0 Å². The summed E-state index contributed by atoms with van der Waals surface area (Å²) in [6, 6.07) is 0. The fourth-order valence-electron chi connectivity index (χ4n) is 0. The van der Waals surface area contributed by atoms with Gasteiger partial charge in [-0.3, -0.25) is 0 Å². The summed E-state index contributed by atoms with van der Waals surface area (Å²) in [6.07, 6.45) is 0. The minimum Gasteiger partial charge on any atom is -0.356 e. The predicted octanol–water partition coefficient (Wildman–Crippen LogP) is -1.00. The predicted molar refractivity (Wildman–Crippen MR) is 21.9 cm³/mol. The van der Waals surface area contributed by atoms with E-state index in [-0.39, 0.29) is 34.7 Å². The maximum atomic E-state index is 8.25. The summed E-state index contributed by atoms with van der Waals surface area (Å²) in [7, 11) is 0. The molecule has 0 aliphatic heterocycles. The Balaban J connectivity index is -0.0000000450. The maximum Gasteiger partial charge on any atom is 3.00 e. The normalized spacial score (nSPS) is 4.00. The third-order valence-corrected chi connectivity index (χ3v) is 0. The summed E-state index contributed by atoms with van der Waals surface area (Å²) in [4.78, 5) is 8.25. The average molecular weight is 116 g/mol. The topological polar surface area (TPSA) is 66.2 Å². The first-order valence-corrected chi connectivity index (χ1v) is 0.548. The summed E-state index contributed by atoms with van der Waals surface area (Å²) in [5.41, 5.74) is 0. The number of hydrogen-bond donors (Lipinski definition) is 0. The van der Waals surface area contributed by atoms with Crippen LogP contribution < -0.4 is 0 Å². The second-order valence-electron chi connectivity index (χ2n) is 0.224. The minimum atomic E-state index is -1.75. The van der Waals surface area contributed by atoms with E-state index in [4.69, 9.17) is 15.3 Å². The first-order chi connectivity index (χ1) is 1.73. The molecule has 0 fully saturated rings. The molecule has 4 nitrogen and oxygen atoms in total. The van der Waals surface area contributed by atoms with Crippen LogP contribution in [-0.4, -0.2) is 39.8 Å². The molecule has 0 saturated heterocycles. The number of rotatable bonds is 0. The summed E-state index contributed by atoms with van der Waals surface area (Å²) >= 11 is 0. The molecule has 0 aromatic carbocycles. The molecule has 0 aliphatic carbocycles. The van der Waals surface area contributed by atoms with Crippen LogP contribution in [0.1, 0.15) is 0 Å². The zero-order chi connectivity index (χ0) is 3.58. The van der Waals surface area contributed by atoms with Crippen LogP contribution in [-0.2, 0) is 0 Å². The van der Waals surface area contributed by atoms with Crippen LogP contribution in [0.2, 0.25) is 0 Å². The van der Waals surface area contributed by atoms with Crippen molar-refractivity contribution in [3.05, 3.63) is 15.3 Å². The Morgan fingerprint density at radius 3 is 1.17 bits per heavy atom. The SMILES string of the molecule is O=[N+]([O-])[O-].[Al+3].[Al+3]. The zero-order valence-corrected chi connectivity index (χ0v) is 5.14. The summed E-state index contributed by atoms with van der Waals surface area (Å²) in [6.45, 7) is 0. The van der Waals surface area contributed by atoms with Gasteiger partial charge in [-0.05, 0) is 0 Å². The molecule has 0 radical (unpaired) electrons. The van der Waals surface area contributed by atoms with E-state index in [0.29, 0.717) is 0 Å². The van der Waals surface area contributed by atoms with Gasteiger partial charge in [-0.25, -0.2) is 0 Å². The molecule has 0 aromatic rings. The monoisotopic (exact) mass is 116 g/mol. The molecule has 0 aromatic heterocycles. The zero-order valence-electron chi connectivity index (χ0n) is 2.83. The molecule has 0 bridgehead atoms. The molecule has 24 valence electrons. The molecule has 0 N–H and O–H groups in total. The van der Waals surface area contributed by atoms with Crippen molar-refractivity contribution in [2.24, 2.45) is 0 Å². The van der Waals surface area contributed by atoms with Crippen molar-refractivity contribution in [2.75, 3.05) is 0 Å². The molecule has 0 atom stereocenters. The van der Waals surface area contributed by atoms with E-state index < -0.39 is 5.09 Å². The molecule has 6 heteroatoms. The van der Waals surface area contributed by atoms with E-state index in [1.165, 1.54) is 0 Å². The molecule has 0 amide bonds. The van der Waals surface area contributed by atoms with E-state index in [9.17, 15) is 0 Å². The number of hydrogen-bond acceptors (Lipinski definition) is 3. The van der Waals surface area contributed by atoms with E-state index in [0.717, 1.165) is 0 Å². The van der Waals surface area contributed by atoms with Crippen LogP contribution in [0.3, 0.4) is 0 Å². The fraction of sp³-hybridized carbons (Fsp3) is 0. The Labute approximate surface area is 55.5 Å². The Morgan fingerprint density at radius 1 is 1.17 bits per heavy atom. The van der Waals surface area contributed by atoms with Crippen molar-refractivity contribution in [1.29, 1.82) is 0 Å². The maximum absolute atomic E-state index is 8.25. The van der Waals surface area contributed by atoms with E-state index >= 15 is 0 Å². The molecular weight excluding hydrogens is 116 g/mol. The average Bonchev–Trinajstić information content (AvgIpc) is 0.811. The second-order valence-corrected chi connectivity index (χ2v) is 0.224. The first kappa shape index (κ1) is 16.3. The third-order valence-electron chi connectivity index (χ3n) is 0. The van der Waals surface area contributed by atoms with E-state index in [1.54, 1.807) is 0 Å². The molecule has 6 heavy (non-hydrogen) atoms. The Kier molecular flexibility index (Phi) is 24.4. The molecule has 0 spiro atoms. The molecule has 0 rings (SSSR count). The smallest absolute Gasteiger partial charge is 0.356 e. The summed E-state index contributed by atoms with van der Waals surface area (Å²) in [5, 5.41) is 14.8. The van der Waals surface area contributed by atoms with Crippen LogP contribution in [0.5, 0.6) is 0 Å². The standard InChI is InChI=1S/2Al.NO3/c;;2-1(3)4/q2*+3;-1. The van der Waals surface area contributed by atoms with Gasteiger partial charge in [0.15, 0.2) is 0 Å². The summed E-state index contributed by atoms with van der Waals surface area (Å²) in [5.74, 6) is 0. The van der Waals surface area contributed by atoms with Crippen LogP contribution in [0.15, 0.2) is 0 Å². The van der Waals surface area contributed by atoms with Crippen molar-refractivity contribution in [3.63, 3.8) is 0 Å². The van der Waals surface area contributed by atoms with Gasteiger partial charge in [0.25, 0.3) is 0 Å². The molecular formula is Al2NO3+5.